The van der Waals surface area contributed by atoms with Gasteiger partial charge >= 0.3 is 0 Å². The highest BCUT2D eigenvalue weighted by Gasteiger charge is 2.34. The molecule has 1 saturated heterocycles. The van der Waals surface area contributed by atoms with E-state index in [-0.39, 0.29) is 0 Å². The lowest BCUT2D eigenvalue weighted by Gasteiger charge is -2.45. The molecule has 1 aliphatic carbocycles. The molecule has 0 amide bonds. The number of piperidine rings is 1. The largest absolute Gasteiger partial charge is 0.389 e. The van der Waals surface area contributed by atoms with Gasteiger partial charge in [0.1, 0.15) is 5.82 Å². The van der Waals surface area contributed by atoms with Crippen LogP contribution in [-0.4, -0.2) is 22.7 Å². The normalized spacial score (nSPS) is 28.8. The molecule has 0 spiro atoms. The maximum atomic E-state index is 9.96. The molecule has 3 nitrogen and oxygen atoms in total. The van der Waals surface area contributed by atoms with E-state index in [0.717, 1.165) is 23.8 Å². The van der Waals surface area contributed by atoms with Crippen LogP contribution in [0.2, 0.25) is 0 Å². The van der Waals surface area contributed by atoms with Crippen LogP contribution in [-0.2, 0) is 0 Å². The molecule has 1 aliphatic heterocycles. The maximum absolute atomic E-state index is 9.96. The van der Waals surface area contributed by atoms with Crippen molar-refractivity contribution in [1.29, 1.82) is 0 Å². The summed E-state index contributed by atoms with van der Waals surface area (Å²) in [5.74, 6) is 1.86. The molecule has 0 radical (unpaired) electrons. The van der Waals surface area contributed by atoms with Gasteiger partial charge in [-0.25, -0.2) is 4.98 Å². The second-order valence-electron chi connectivity index (χ2n) is 6.04. The van der Waals surface area contributed by atoms with Crippen LogP contribution < -0.4 is 4.90 Å². The Morgan fingerprint density at radius 2 is 2.05 bits per heavy atom. The molecule has 3 heteroatoms. The van der Waals surface area contributed by atoms with Crippen molar-refractivity contribution in [3.05, 3.63) is 23.9 Å². The average Bonchev–Trinajstić information content (AvgIpc) is 2.46. The van der Waals surface area contributed by atoms with E-state index in [1.165, 1.54) is 38.5 Å². The molecule has 1 aromatic rings. The Balaban J connectivity index is 1.91. The predicted octanol–water partition coefficient (Wildman–Crippen LogP) is 3.29. The fourth-order valence-electron chi connectivity index (χ4n) is 3.86. The maximum Gasteiger partial charge on any atom is 0.134 e. The first-order chi connectivity index (χ1) is 9.27. The van der Waals surface area contributed by atoms with E-state index in [1.54, 1.807) is 0 Å². The molecule has 2 aliphatic rings. The molecule has 1 N–H and O–H groups in total. The zero-order chi connectivity index (χ0) is 13.2. The third kappa shape index (κ3) is 2.48. The van der Waals surface area contributed by atoms with E-state index in [2.05, 4.69) is 9.88 Å². The van der Waals surface area contributed by atoms with Crippen molar-refractivity contribution in [3.63, 3.8) is 0 Å². The van der Waals surface area contributed by atoms with E-state index in [9.17, 15) is 5.11 Å². The molecule has 0 bridgehead atoms. The number of aliphatic hydroxyl groups is 1. The first-order valence-corrected chi connectivity index (χ1v) is 7.67. The van der Waals surface area contributed by atoms with E-state index in [0.29, 0.717) is 6.04 Å². The van der Waals surface area contributed by atoms with Gasteiger partial charge in [-0.1, -0.05) is 18.9 Å². The lowest BCUT2D eigenvalue weighted by molar-refractivity contribution is 0.197. The van der Waals surface area contributed by atoms with Gasteiger partial charge in [0, 0.05) is 24.3 Å². The minimum Gasteiger partial charge on any atom is -0.389 e. The van der Waals surface area contributed by atoms with Crippen molar-refractivity contribution >= 4 is 5.82 Å². The van der Waals surface area contributed by atoms with E-state index in [1.807, 2.05) is 25.3 Å². The summed E-state index contributed by atoms with van der Waals surface area (Å²) < 4.78 is 0. The molecule has 2 fully saturated rings. The van der Waals surface area contributed by atoms with Crippen LogP contribution in [0.25, 0.3) is 0 Å². The zero-order valence-electron chi connectivity index (χ0n) is 11.8. The standard InChI is InChI=1S/C16H24N2O/c1-12(19)14-8-4-10-17-16(14)18-11-5-7-13-6-2-3-9-15(13)18/h4,8,10,12-13,15,19H,2-3,5-7,9,11H2,1H3/t12-,13-,15-/m1/s1. The van der Waals surface area contributed by atoms with Gasteiger partial charge < -0.3 is 10.0 Å². The van der Waals surface area contributed by atoms with Crippen LogP contribution in [0.5, 0.6) is 0 Å². The number of hydrogen-bond acceptors (Lipinski definition) is 3. The molecular weight excluding hydrogens is 236 g/mol. The van der Waals surface area contributed by atoms with E-state index in [4.69, 9.17) is 0 Å². The monoisotopic (exact) mass is 260 g/mol. The minimum absolute atomic E-state index is 0.437. The van der Waals surface area contributed by atoms with Crippen LogP contribution in [0.15, 0.2) is 18.3 Å². The molecule has 3 rings (SSSR count). The van der Waals surface area contributed by atoms with Gasteiger partial charge in [-0.05, 0) is 44.6 Å². The Morgan fingerprint density at radius 1 is 1.26 bits per heavy atom. The van der Waals surface area contributed by atoms with Crippen LogP contribution in [0, 0.1) is 5.92 Å². The molecule has 3 atom stereocenters. The summed E-state index contributed by atoms with van der Waals surface area (Å²) >= 11 is 0. The smallest absolute Gasteiger partial charge is 0.134 e. The van der Waals surface area contributed by atoms with Gasteiger partial charge in [-0.3, -0.25) is 0 Å². The number of rotatable bonds is 2. The molecule has 104 valence electrons. The van der Waals surface area contributed by atoms with Gasteiger partial charge in [0.2, 0.25) is 0 Å². The van der Waals surface area contributed by atoms with E-state index >= 15 is 0 Å². The number of pyridine rings is 1. The number of fused-ring (bicyclic) bond motifs is 1. The number of anilines is 1. The van der Waals surface area contributed by atoms with Crippen LogP contribution >= 0.6 is 0 Å². The molecule has 19 heavy (non-hydrogen) atoms. The molecule has 0 aromatic carbocycles. The van der Waals surface area contributed by atoms with Crippen molar-refractivity contribution in [3.8, 4) is 0 Å². The van der Waals surface area contributed by atoms with Crippen LogP contribution in [0.1, 0.15) is 57.1 Å². The quantitative estimate of drug-likeness (QED) is 0.886. The molecule has 1 saturated carbocycles. The Kier molecular flexibility index (Phi) is 3.74. The summed E-state index contributed by atoms with van der Waals surface area (Å²) in [7, 11) is 0. The summed E-state index contributed by atoms with van der Waals surface area (Å²) in [4.78, 5) is 7.06. The number of nitrogens with zero attached hydrogens (tertiary/aromatic N) is 2. The second-order valence-corrected chi connectivity index (χ2v) is 6.04. The summed E-state index contributed by atoms with van der Waals surface area (Å²) in [5, 5.41) is 9.96. The van der Waals surface area contributed by atoms with Gasteiger partial charge in [0.15, 0.2) is 0 Å². The topological polar surface area (TPSA) is 36.4 Å². The fraction of sp³-hybridized carbons (Fsp3) is 0.688. The number of aromatic nitrogens is 1. The van der Waals surface area contributed by atoms with Crippen molar-refractivity contribution < 1.29 is 5.11 Å². The van der Waals surface area contributed by atoms with Gasteiger partial charge in [0.05, 0.1) is 6.10 Å². The highest BCUT2D eigenvalue weighted by Crippen LogP contribution is 2.38. The van der Waals surface area contributed by atoms with Gasteiger partial charge in [-0.15, -0.1) is 0 Å². The van der Waals surface area contributed by atoms with Crippen LogP contribution in [0.4, 0.5) is 5.82 Å². The number of hydrogen-bond donors (Lipinski definition) is 1. The summed E-state index contributed by atoms with van der Waals surface area (Å²) in [6.45, 7) is 2.93. The average molecular weight is 260 g/mol. The Labute approximate surface area is 115 Å². The predicted molar refractivity (Wildman–Crippen MR) is 77.2 cm³/mol. The second kappa shape index (κ2) is 5.49. The van der Waals surface area contributed by atoms with Crippen LogP contribution in [0.3, 0.4) is 0 Å². The van der Waals surface area contributed by atoms with Crippen molar-refractivity contribution in [2.45, 2.75) is 57.6 Å². The highest BCUT2D eigenvalue weighted by molar-refractivity contribution is 5.49. The molecular formula is C16H24N2O. The van der Waals surface area contributed by atoms with Crippen molar-refractivity contribution in [2.75, 3.05) is 11.4 Å². The Bertz CT molecular complexity index is 431. The van der Waals surface area contributed by atoms with Crippen molar-refractivity contribution in [2.24, 2.45) is 5.92 Å². The summed E-state index contributed by atoms with van der Waals surface area (Å²) in [6.07, 6.45) is 9.45. The summed E-state index contributed by atoms with van der Waals surface area (Å²) in [5.41, 5.74) is 0.980. The first-order valence-electron chi connectivity index (χ1n) is 7.67. The highest BCUT2D eigenvalue weighted by atomic mass is 16.3. The van der Waals surface area contributed by atoms with Gasteiger partial charge in [-0.2, -0.15) is 0 Å². The van der Waals surface area contributed by atoms with Crippen molar-refractivity contribution in [1.82, 2.24) is 4.98 Å². The fourth-order valence-corrected chi connectivity index (χ4v) is 3.86. The Hall–Kier alpha value is -1.09. The molecule has 0 unspecified atom stereocenters. The minimum atomic E-state index is -0.437. The third-order valence-electron chi connectivity index (χ3n) is 4.78. The third-order valence-corrected chi connectivity index (χ3v) is 4.78. The molecule has 1 aromatic heterocycles. The lowest BCUT2D eigenvalue weighted by Crippen LogP contribution is -2.47. The lowest BCUT2D eigenvalue weighted by atomic mass is 9.78. The number of aliphatic hydroxyl groups excluding tert-OH is 1. The van der Waals surface area contributed by atoms with Gasteiger partial charge in [0.25, 0.3) is 0 Å². The SMILES string of the molecule is C[C@@H](O)c1cccnc1N1CCC[C@H]2CCCC[C@H]21. The summed E-state index contributed by atoms with van der Waals surface area (Å²) in [6, 6.07) is 4.59. The van der Waals surface area contributed by atoms with E-state index < -0.39 is 6.10 Å². The Morgan fingerprint density at radius 3 is 2.89 bits per heavy atom. The molecule has 2 heterocycles. The first kappa shape index (κ1) is 12.9. The zero-order valence-corrected chi connectivity index (χ0v) is 11.8.